The van der Waals surface area contributed by atoms with E-state index in [-0.39, 0.29) is 22.7 Å². The fraction of sp³-hybridized carbons (Fsp3) is 0.190. The van der Waals surface area contributed by atoms with Crippen LogP contribution in [-0.4, -0.2) is 35.3 Å². The van der Waals surface area contributed by atoms with Crippen molar-refractivity contribution in [3.8, 4) is 5.69 Å². The van der Waals surface area contributed by atoms with Gasteiger partial charge in [-0.05, 0) is 36.8 Å². The van der Waals surface area contributed by atoms with Gasteiger partial charge in [0.15, 0.2) is 9.84 Å². The van der Waals surface area contributed by atoms with Gasteiger partial charge in [-0.2, -0.15) is 5.10 Å². The second kappa shape index (κ2) is 8.20. The quantitative estimate of drug-likeness (QED) is 0.473. The van der Waals surface area contributed by atoms with Crippen molar-refractivity contribution in [2.45, 2.75) is 24.3 Å². The van der Waals surface area contributed by atoms with Gasteiger partial charge in [-0.25, -0.2) is 17.5 Å². The Morgan fingerprint density at radius 1 is 1.23 bits per heavy atom. The minimum absolute atomic E-state index is 0.240. The van der Waals surface area contributed by atoms with Crippen LogP contribution in [0, 0.1) is 5.82 Å². The van der Waals surface area contributed by atoms with Crippen molar-refractivity contribution in [1.82, 2.24) is 20.1 Å². The maximum Gasteiger partial charge on any atom is 0.254 e. The van der Waals surface area contributed by atoms with Gasteiger partial charge in [0.1, 0.15) is 5.82 Å². The largest absolute Gasteiger partial charge is 0.344 e. The first-order valence-electron chi connectivity index (χ1n) is 9.45. The van der Waals surface area contributed by atoms with Crippen LogP contribution in [0.4, 0.5) is 4.39 Å². The number of rotatable bonds is 6. The number of carbonyl (C=O) groups excluding carboxylic acids is 1. The summed E-state index contributed by atoms with van der Waals surface area (Å²) in [6.45, 7) is 1.91. The van der Waals surface area contributed by atoms with E-state index in [0.29, 0.717) is 28.6 Å². The highest BCUT2D eigenvalue weighted by molar-refractivity contribution is 7.90. The number of fused-ring (bicyclic) bond motifs is 1. The van der Waals surface area contributed by atoms with Crippen LogP contribution in [0.1, 0.15) is 34.6 Å². The lowest BCUT2D eigenvalue weighted by atomic mass is 10.1. The maximum absolute atomic E-state index is 13.2. The van der Waals surface area contributed by atoms with Crippen LogP contribution in [0.3, 0.4) is 0 Å². The molecular weight excluding hydrogens is 439 g/mol. The third-order valence-electron chi connectivity index (χ3n) is 4.89. The van der Waals surface area contributed by atoms with Gasteiger partial charge in [0, 0.05) is 28.1 Å². The zero-order valence-electron chi connectivity index (χ0n) is 16.7. The van der Waals surface area contributed by atoms with E-state index in [1.165, 1.54) is 29.7 Å². The molecule has 0 spiro atoms. The molecule has 1 atom stereocenters. The summed E-state index contributed by atoms with van der Waals surface area (Å²) in [4.78, 5) is 18.2. The summed E-state index contributed by atoms with van der Waals surface area (Å²) in [6, 6.07) is 7.13. The van der Waals surface area contributed by atoms with Gasteiger partial charge in [0.2, 0.25) is 0 Å². The van der Waals surface area contributed by atoms with E-state index in [0.717, 1.165) is 11.1 Å². The molecule has 0 bridgehead atoms. The van der Waals surface area contributed by atoms with Crippen molar-refractivity contribution in [1.29, 1.82) is 0 Å². The molecule has 0 radical (unpaired) electrons. The zero-order valence-corrected chi connectivity index (χ0v) is 18.4. The van der Waals surface area contributed by atoms with E-state index in [1.807, 2.05) is 6.92 Å². The summed E-state index contributed by atoms with van der Waals surface area (Å²) in [6.07, 6.45) is 6.38. The van der Waals surface area contributed by atoms with E-state index >= 15 is 0 Å². The first kappa shape index (κ1) is 21.1. The predicted octanol–water partition coefficient (Wildman–Crippen LogP) is 3.91. The number of hydrogen-bond acceptors (Lipinski definition) is 6. The third-order valence-corrected chi connectivity index (χ3v) is 7.18. The van der Waals surface area contributed by atoms with Crippen LogP contribution in [0.2, 0.25) is 0 Å². The van der Waals surface area contributed by atoms with Crippen molar-refractivity contribution >= 4 is 38.0 Å². The Morgan fingerprint density at radius 2 is 1.97 bits per heavy atom. The summed E-state index contributed by atoms with van der Waals surface area (Å²) in [5.74, 6) is -0.686. The van der Waals surface area contributed by atoms with E-state index < -0.39 is 9.84 Å². The molecule has 0 unspecified atom stereocenters. The van der Waals surface area contributed by atoms with Crippen LogP contribution < -0.4 is 5.32 Å². The Balaban J connectivity index is 1.64. The van der Waals surface area contributed by atoms with Crippen molar-refractivity contribution in [3.05, 3.63) is 70.6 Å². The number of nitrogens with one attached hydrogen (secondary N) is 1. The van der Waals surface area contributed by atoms with Crippen molar-refractivity contribution < 1.29 is 17.6 Å². The van der Waals surface area contributed by atoms with E-state index in [9.17, 15) is 17.6 Å². The molecule has 0 saturated heterocycles. The Hall–Kier alpha value is -3.11. The summed E-state index contributed by atoms with van der Waals surface area (Å²) in [7, 11) is -3.31. The first-order valence-corrected chi connectivity index (χ1v) is 12.2. The predicted molar refractivity (Wildman–Crippen MR) is 117 cm³/mol. The number of hydrogen-bond donors (Lipinski definition) is 1. The Kier molecular flexibility index (Phi) is 5.59. The van der Waals surface area contributed by atoms with Crippen LogP contribution >= 0.6 is 11.3 Å². The Morgan fingerprint density at radius 3 is 2.61 bits per heavy atom. The molecule has 0 aliphatic heterocycles. The summed E-state index contributed by atoms with van der Waals surface area (Å²) in [5.41, 5.74) is 1.61. The monoisotopic (exact) mass is 458 g/mol. The summed E-state index contributed by atoms with van der Waals surface area (Å²) >= 11 is 1.30. The van der Waals surface area contributed by atoms with Gasteiger partial charge in [-0.3, -0.25) is 9.78 Å². The van der Waals surface area contributed by atoms with Crippen LogP contribution in [0.5, 0.6) is 0 Å². The highest BCUT2D eigenvalue weighted by atomic mass is 32.2. The molecule has 1 aromatic carbocycles. The lowest BCUT2D eigenvalue weighted by Gasteiger charge is -2.15. The molecule has 0 aliphatic rings. The normalized spacial score (nSPS) is 12.7. The van der Waals surface area contributed by atoms with Gasteiger partial charge in [-0.1, -0.05) is 6.92 Å². The number of carbonyl (C=O) groups is 1. The first-order chi connectivity index (χ1) is 14.8. The second-order valence-corrected chi connectivity index (χ2v) is 10.0. The summed E-state index contributed by atoms with van der Waals surface area (Å²) < 4.78 is 38.4. The fourth-order valence-electron chi connectivity index (χ4n) is 3.23. The lowest BCUT2D eigenvalue weighted by molar-refractivity contribution is 0.0937. The Bertz CT molecular complexity index is 1360. The minimum Gasteiger partial charge on any atom is -0.344 e. The SMILES string of the molecule is CC[C@H](NC(=O)c1cncc2c1cnn2-c1ccc(F)cc1)c1cc(S(C)(=O)=O)cs1. The summed E-state index contributed by atoms with van der Waals surface area (Å²) in [5, 5.41) is 9.48. The highest BCUT2D eigenvalue weighted by Gasteiger charge is 2.21. The molecule has 10 heteroatoms. The lowest BCUT2D eigenvalue weighted by Crippen LogP contribution is -2.27. The molecule has 4 aromatic rings. The van der Waals surface area contributed by atoms with Crippen molar-refractivity contribution in [2.24, 2.45) is 0 Å². The minimum atomic E-state index is -3.31. The third kappa shape index (κ3) is 4.21. The fourth-order valence-corrected chi connectivity index (χ4v) is 5.40. The standard InChI is InChI=1S/C21H19FN4O3S2/c1-3-18(20-8-15(12-30-20)31(2,28)29)25-21(27)17-9-23-11-19-16(17)10-24-26(19)14-6-4-13(22)5-7-14/h4-12,18H,3H2,1-2H3,(H,25,27)/t18-/m0/s1. The molecule has 0 saturated carbocycles. The molecule has 1 amide bonds. The van der Waals surface area contributed by atoms with Crippen molar-refractivity contribution in [3.63, 3.8) is 0 Å². The molecule has 0 fully saturated rings. The smallest absolute Gasteiger partial charge is 0.254 e. The number of nitrogens with zero attached hydrogens (tertiary/aromatic N) is 3. The molecule has 0 aliphatic carbocycles. The highest BCUT2D eigenvalue weighted by Crippen LogP contribution is 2.28. The molecule has 7 nitrogen and oxygen atoms in total. The van der Waals surface area contributed by atoms with E-state index in [2.05, 4.69) is 15.4 Å². The molecule has 31 heavy (non-hydrogen) atoms. The number of amides is 1. The maximum atomic E-state index is 13.2. The molecular formula is C21H19FN4O3S2. The van der Waals surface area contributed by atoms with Gasteiger partial charge < -0.3 is 5.32 Å². The van der Waals surface area contributed by atoms with Gasteiger partial charge >= 0.3 is 0 Å². The molecule has 4 rings (SSSR count). The molecule has 3 aromatic heterocycles. The van der Waals surface area contributed by atoms with Crippen molar-refractivity contribution in [2.75, 3.05) is 6.26 Å². The number of thiophene rings is 1. The number of aromatic nitrogens is 3. The van der Waals surface area contributed by atoms with E-state index in [4.69, 9.17) is 0 Å². The van der Waals surface area contributed by atoms with Crippen LogP contribution in [0.25, 0.3) is 16.6 Å². The van der Waals surface area contributed by atoms with E-state index in [1.54, 1.807) is 40.7 Å². The average Bonchev–Trinajstić information content (AvgIpc) is 3.39. The van der Waals surface area contributed by atoms with Gasteiger partial charge in [0.25, 0.3) is 5.91 Å². The molecule has 160 valence electrons. The topological polar surface area (TPSA) is 93.9 Å². The molecule has 3 heterocycles. The number of halogens is 1. The average molecular weight is 459 g/mol. The molecule has 1 N–H and O–H groups in total. The van der Waals surface area contributed by atoms with Gasteiger partial charge in [-0.15, -0.1) is 11.3 Å². The van der Waals surface area contributed by atoms with Gasteiger partial charge in [0.05, 0.1) is 40.1 Å². The number of pyridine rings is 1. The zero-order chi connectivity index (χ0) is 22.2. The second-order valence-electron chi connectivity index (χ2n) is 7.04. The number of benzene rings is 1. The number of sulfone groups is 1. The van der Waals surface area contributed by atoms with Crippen LogP contribution in [-0.2, 0) is 9.84 Å². The van der Waals surface area contributed by atoms with Crippen LogP contribution in [0.15, 0.2) is 59.2 Å². The Labute approximate surface area is 182 Å².